The van der Waals surface area contributed by atoms with Crippen molar-refractivity contribution in [1.82, 2.24) is 19.4 Å². The van der Waals surface area contributed by atoms with Gasteiger partial charge in [0.2, 0.25) is 15.9 Å². The van der Waals surface area contributed by atoms with Crippen LogP contribution < -0.4 is 0 Å². The summed E-state index contributed by atoms with van der Waals surface area (Å²) < 4.78 is 31.9. The maximum atomic E-state index is 12.6. The first-order chi connectivity index (χ1) is 10.6. The van der Waals surface area contributed by atoms with Crippen molar-refractivity contribution in [3.63, 3.8) is 0 Å². The maximum absolute atomic E-state index is 12.6. The number of pyridine rings is 1. The van der Waals surface area contributed by atoms with Crippen LogP contribution in [0.1, 0.15) is 42.8 Å². The molecule has 0 aromatic carbocycles. The fraction of sp³-hybridized carbons (Fsp3) is 0.500. The van der Waals surface area contributed by atoms with E-state index >= 15 is 0 Å². The first-order valence-corrected chi connectivity index (χ1v) is 8.82. The average Bonchev–Trinajstić information content (AvgIpc) is 3.06. The zero-order valence-electron chi connectivity index (χ0n) is 11.9. The Balaban J connectivity index is 1.52. The van der Waals surface area contributed by atoms with E-state index in [-0.39, 0.29) is 10.8 Å². The summed E-state index contributed by atoms with van der Waals surface area (Å²) in [5.74, 6) is 1.75. The van der Waals surface area contributed by atoms with Crippen molar-refractivity contribution in [2.45, 2.75) is 36.0 Å². The van der Waals surface area contributed by atoms with Gasteiger partial charge < -0.3 is 4.52 Å². The van der Waals surface area contributed by atoms with E-state index < -0.39 is 10.0 Å². The Hall–Kier alpha value is -1.80. The highest BCUT2D eigenvalue weighted by atomic mass is 32.2. The fourth-order valence-electron chi connectivity index (χ4n) is 2.72. The molecule has 2 aliphatic rings. The highest BCUT2D eigenvalue weighted by Gasteiger charge is 2.37. The number of hydrogen-bond acceptors (Lipinski definition) is 6. The van der Waals surface area contributed by atoms with E-state index in [4.69, 9.17) is 4.52 Å². The smallest absolute Gasteiger partial charge is 0.244 e. The summed E-state index contributed by atoms with van der Waals surface area (Å²) in [6.45, 7) is 0.840. The van der Waals surface area contributed by atoms with Crippen LogP contribution in [0.15, 0.2) is 33.9 Å². The summed E-state index contributed by atoms with van der Waals surface area (Å²) in [5, 5.41) is 4.00. The van der Waals surface area contributed by atoms with Crippen LogP contribution in [0.2, 0.25) is 0 Å². The zero-order valence-corrected chi connectivity index (χ0v) is 12.7. The van der Waals surface area contributed by atoms with Crippen LogP contribution in [0.3, 0.4) is 0 Å². The third-order valence-electron chi connectivity index (χ3n) is 4.17. The van der Waals surface area contributed by atoms with Crippen molar-refractivity contribution < 1.29 is 12.9 Å². The van der Waals surface area contributed by atoms with E-state index in [9.17, 15) is 8.42 Å². The van der Waals surface area contributed by atoms with Crippen LogP contribution in [0.4, 0.5) is 0 Å². The highest BCUT2D eigenvalue weighted by molar-refractivity contribution is 7.89. The fourth-order valence-corrected chi connectivity index (χ4v) is 4.18. The lowest BCUT2D eigenvalue weighted by atomic mass is 10.1. The summed E-state index contributed by atoms with van der Waals surface area (Å²) in [6.07, 6.45) is 5.87. The van der Waals surface area contributed by atoms with Crippen molar-refractivity contribution in [3.8, 4) is 0 Å². The monoisotopic (exact) mass is 320 g/mol. The summed E-state index contributed by atoms with van der Waals surface area (Å²) in [6, 6.07) is 3.19. The molecule has 1 aliphatic heterocycles. The van der Waals surface area contributed by atoms with E-state index in [2.05, 4.69) is 15.1 Å². The Morgan fingerprint density at radius 2 is 2.09 bits per heavy atom. The van der Waals surface area contributed by atoms with Gasteiger partial charge in [-0.3, -0.25) is 4.98 Å². The summed E-state index contributed by atoms with van der Waals surface area (Å²) >= 11 is 0. The predicted molar refractivity (Wildman–Crippen MR) is 76.6 cm³/mol. The predicted octanol–water partition coefficient (Wildman–Crippen LogP) is 1.52. The SMILES string of the molecule is O=S(=O)(c1cccnc1)N1CC[C@H](c2nc(C3CC3)no2)C1. The van der Waals surface area contributed by atoms with Crippen molar-refractivity contribution >= 4 is 10.0 Å². The number of nitrogens with zero attached hydrogens (tertiary/aromatic N) is 4. The second-order valence-corrected chi connectivity index (χ2v) is 7.74. The highest BCUT2D eigenvalue weighted by Crippen LogP contribution is 2.39. The number of rotatable bonds is 4. The molecule has 22 heavy (non-hydrogen) atoms. The average molecular weight is 320 g/mol. The summed E-state index contributed by atoms with van der Waals surface area (Å²) in [7, 11) is -3.50. The lowest BCUT2D eigenvalue weighted by Gasteiger charge is -2.15. The van der Waals surface area contributed by atoms with Gasteiger partial charge in [0, 0.05) is 31.4 Å². The van der Waals surface area contributed by atoms with Gasteiger partial charge in [-0.1, -0.05) is 5.16 Å². The third-order valence-corrected chi connectivity index (χ3v) is 6.02. The maximum Gasteiger partial charge on any atom is 0.244 e. The van der Waals surface area contributed by atoms with E-state index in [1.54, 1.807) is 18.3 Å². The second-order valence-electron chi connectivity index (χ2n) is 5.80. The zero-order chi connectivity index (χ0) is 15.2. The number of aromatic nitrogens is 3. The molecule has 0 amide bonds. The van der Waals surface area contributed by atoms with Gasteiger partial charge in [-0.25, -0.2) is 8.42 Å². The van der Waals surface area contributed by atoms with Gasteiger partial charge in [0.1, 0.15) is 4.90 Å². The first-order valence-electron chi connectivity index (χ1n) is 7.38. The standard InChI is InChI=1S/C14H16N4O3S/c19-22(20,12-2-1-6-15-8-12)18-7-5-11(9-18)14-16-13(17-21-14)10-3-4-10/h1-2,6,8,10-11H,3-5,7,9H2/t11-/m0/s1. The molecule has 8 heteroatoms. The van der Waals surface area contributed by atoms with Crippen LogP contribution in [0, 0.1) is 0 Å². The van der Waals surface area contributed by atoms with Crippen LogP contribution >= 0.6 is 0 Å². The van der Waals surface area contributed by atoms with Gasteiger partial charge >= 0.3 is 0 Å². The Morgan fingerprint density at radius 1 is 1.23 bits per heavy atom. The van der Waals surface area contributed by atoms with Crippen molar-refractivity contribution in [3.05, 3.63) is 36.2 Å². The van der Waals surface area contributed by atoms with Crippen LogP contribution in [-0.4, -0.2) is 40.9 Å². The lowest BCUT2D eigenvalue weighted by molar-refractivity contribution is 0.350. The van der Waals surface area contributed by atoms with Crippen LogP contribution in [0.25, 0.3) is 0 Å². The third kappa shape index (κ3) is 2.42. The molecule has 0 unspecified atom stereocenters. The molecular formula is C14H16N4O3S. The largest absolute Gasteiger partial charge is 0.339 e. The minimum absolute atomic E-state index is 0.0218. The van der Waals surface area contributed by atoms with Gasteiger partial charge in [-0.2, -0.15) is 9.29 Å². The second kappa shape index (κ2) is 5.13. The molecule has 2 fully saturated rings. The molecule has 1 aliphatic carbocycles. The van der Waals surface area contributed by atoms with Crippen LogP contribution in [0.5, 0.6) is 0 Å². The summed E-state index contributed by atoms with van der Waals surface area (Å²) in [4.78, 5) is 8.54. The van der Waals surface area contributed by atoms with Crippen LogP contribution in [-0.2, 0) is 10.0 Å². The molecule has 0 bridgehead atoms. The molecular weight excluding hydrogens is 304 g/mol. The van der Waals surface area contributed by atoms with E-state index in [1.165, 1.54) is 10.5 Å². The van der Waals surface area contributed by atoms with E-state index in [1.807, 2.05) is 0 Å². The Kier molecular flexibility index (Phi) is 3.23. The van der Waals surface area contributed by atoms with Gasteiger partial charge in [-0.05, 0) is 31.4 Å². The Bertz CT molecular complexity index is 770. The molecule has 0 N–H and O–H groups in total. The van der Waals surface area contributed by atoms with E-state index in [0.29, 0.717) is 31.3 Å². The molecule has 4 rings (SSSR count). The molecule has 0 radical (unpaired) electrons. The molecule has 2 aromatic heterocycles. The minimum atomic E-state index is -3.50. The number of sulfonamides is 1. The topological polar surface area (TPSA) is 89.2 Å². The van der Waals surface area contributed by atoms with E-state index in [0.717, 1.165) is 18.7 Å². The molecule has 0 spiro atoms. The quantitative estimate of drug-likeness (QED) is 0.848. The normalized spacial score (nSPS) is 23.0. The first kappa shape index (κ1) is 13.8. The molecule has 1 saturated carbocycles. The Labute approximate surface area is 128 Å². The minimum Gasteiger partial charge on any atom is -0.339 e. The lowest BCUT2D eigenvalue weighted by Crippen LogP contribution is -2.28. The van der Waals surface area contributed by atoms with Gasteiger partial charge in [0.25, 0.3) is 0 Å². The van der Waals surface area contributed by atoms with Gasteiger partial charge in [0.05, 0.1) is 5.92 Å². The van der Waals surface area contributed by atoms with Crippen molar-refractivity contribution in [1.29, 1.82) is 0 Å². The molecule has 116 valence electrons. The van der Waals surface area contributed by atoms with Gasteiger partial charge in [-0.15, -0.1) is 0 Å². The summed E-state index contributed by atoms with van der Waals surface area (Å²) in [5.41, 5.74) is 0. The molecule has 1 saturated heterocycles. The van der Waals surface area contributed by atoms with Gasteiger partial charge in [0.15, 0.2) is 5.82 Å². The molecule has 7 nitrogen and oxygen atoms in total. The van der Waals surface area contributed by atoms with Crippen molar-refractivity contribution in [2.24, 2.45) is 0 Å². The van der Waals surface area contributed by atoms with Crippen molar-refractivity contribution in [2.75, 3.05) is 13.1 Å². The molecule has 1 atom stereocenters. The molecule has 3 heterocycles. The number of hydrogen-bond donors (Lipinski definition) is 0. The Morgan fingerprint density at radius 3 is 2.82 bits per heavy atom. The molecule has 2 aromatic rings.